The number of anilines is 2. The molecule has 0 bridgehead atoms. The highest BCUT2D eigenvalue weighted by Crippen LogP contribution is 2.36. The van der Waals surface area contributed by atoms with Crippen LogP contribution in [-0.2, 0) is 6.42 Å². The van der Waals surface area contributed by atoms with Crippen molar-refractivity contribution in [2.45, 2.75) is 25.8 Å². The minimum absolute atomic E-state index is 0.318. The number of rotatable bonds is 1. The quantitative estimate of drug-likeness (QED) is 0.781. The Morgan fingerprint density at radius 1 is 1.32 bits per heavy atom. The third-order valence-corrected chi connectivity index (χ3v) is 3.57. The molecular weight excluding hydrogens is 236 g/mol. The molecule has 0 saturated carbocycles. The standard InChI is InChI=1S/C15H14N4/c1-11-6-7-12-4-2-3-5-14(12)19(11)15-13(10-16)8-9-17-18-15/h2-5,8-9,11H,6-7H2,1H3. The molecule has 0 amide bonds. The Morgan fingerprint density at radius 3 is 3.00 bits per heavy atom. The monoisotopic (exact) mass is 250 g/mol. The number of hydrogen-bond donors (Lipinski definition) is 0. The fraction of sp³-hybridized carbons (Fsp3) is 0.267. The molecule has 0 fully saturated rings. The van der Waals surface area contributed by atoms with E-state index >= 15 is 0 Å². The minimum Gasteiger partial charge on any atom is -0.321 e. The highest BCUT2D eigenvalue weighted by atomic mass is 15.3. The first-order valence-electron chi connectivity index (χ1n) is 6.40. The molecule has 2 heterocycles. The van der Waals surface area contributed by atoms with E-state index in [0.717, 1.165) is 18.5 Å². The topological polar surface area (TPSA) is 52.8 Å². The normalized spacial score (nSPS) is 17.7. The average molecular weight is 250 g/mol. The van der Waals surface area contributed by atoms with E-state index in [1.165, 1.54) is 5.56 Å². The van der Waals surface area contributed by atoms with E-state index in [4.69, 9.17) is 0 Å². The Bertz CT molecular complexity index is 645. The van der Waals surface area contributed by atoms with Crippen molar-refractivity contribution in [1.29, 1.82) is 5.26 Å². The molecule has 94 valence electrons. The summed E-state index contributed by atoms with van der Waals surface area (Å²) in [6.07, 6.45) is 3.68. The molecule has 0 aliphatic carbocycles. The lowest BCUT2D eigenvalue weighted by atomic mass is 9.96. The van der Waals surface area contributed by atoms with Crippen LogP contribution in [0.5, 0.6) is 0 Å². The van der Waals surface area contributed by atoms with Crippen molar-refractivity contribution >= 4 is 11.5 Å². The number of aromatic nitrogens is 2. The number of hydrogen-bond acceptors (Lipinski definition) is 4. The van der Waals surface area contributed by atoms with Crippen molar-refractivity contribution in [3.63, 3.8) is 0 Å². The van der Waals surface area contributed by atoms with E-state index in [1.54, 1.807) is 12.3 Å². The fourth-order valence-electron chi connectivity index (χ4n) is 2.60. The van der Waals surface area contributed by atoms with Gasteiger partial charge in [0.25, 0.3) is 0 Å². The van der Waals surface area contributed by atoms with Gasteiger partial charge >= 0.3 is 0 Å². The largest absolute Gasteiger partial charge is 0.321 e. The Balaban J connectivity index is 2.17. The molecule has 0 radical (unpaired) electrons. The SMILES string of the molecule is CC1CCc2ccccc2N1c1nnccc1C#N. The lowest BCUT2D eigenvalue weighted by molar-refractivity contribution is 0.610. The maximum Gasteiger partial charge on any atom is 0.173 e. The molecule has 1 aliphatic heterocycles. The number of aryl methyl sites for hydroxylation is 1. The molecule has 1 aliphatic rings. The summed E-state index contributed by atoms with van der Waals surface area (Å²) in [6, 6.07) is 12.5. The van der Waals surface area contributed by atoms with Crippen LogP contribution in [0.3, 0.4) is 0 Å². The lowest BCUT2D eigenvalue weighted by Gasteiger charge is -2.36. The van der Waals surface area contributed by atoms with Crippen molar-refractivity contribution < 1.29 is 0 Å². The molecule has 1 unspecified atom stereocenters. The first kappa shape index (κ1) is 11.7. The Morgan fingerprint density at radius 2 is 2.16 bits per heavy atom. The zero-order chi connectivity index (χ0) is 13.2. The van der Waals surface area contributed by atoms with E-state index in [0.29, 0.717) is 17.4 Å². The predicted molar refractivity (Wildman–Crippen MR) is 73.1 cm³/mol. The van der Waals surface area contributed by atoms with Gasteiger partial charge in [-0.25, -0.2) is 0 Å². The van der Waals surface area contributed by atoms with Gasteiger partial charge in [0.15, 0.2) is 5.82 Å². The van der Waals surface area contributed by atoms with Crippen molar-refractivity contribution in [3.8, 4) is 6.07 Å². The smallest absolute Gasteiger partial charge is 0.173 e. The van der Waals surface area contributed by atoms with Gasteiger partial charge in [-0.2, -0.15) is 10.4 Å². The van der Waals surface area contributed by atoms with Crippen molar-refractivity contribution in [1.82, 2.24) is 10.2 Å². The molecule has 0 saturated heterocycles. The number of benzene rings is 1. The molecule has 0 spiro atoms. The second-order valence-electron chi connectivity index (χ2n) is 4.77. The molecule has 1 aromatic heterocycles. The summed E-state index contributed by atoms with van der Waals surface area (Å²) in [4.78, 5) is 2.13. The van der Waals surface area contributed by atoms with Crippen LogP contribution in [0.15, 0.2) is 36.5 Å². The molecule has 1 aromatic carbocycles. The van der Waals surface area contributed by atoms with Crippen LogP contribution in [0.25, 0.3) is 0 Å². The van der Waals surface area contributed by atoms with Crippen molar-refractivity contribution in [3.05, 3.63) is 47.7 Å². The number of nitrogens with zero attached hydrogens (tertiary/aromatic N) is 4. The maximum atomic E-state index is 9.24. The molecule has 2 aromatic rings. The van der Waals surface area contributed by atoms with Gasteiger partial charge in [-0.3, -0.25) is 0 Å². The Hall–Kier alpha value is -2.41. The Kier molecular flexibility index (Phi) is 2.88. The van der Waals surface area contributed by atoms with Gasteiger partial charge in [0, 0.05) is 11.7 Å². The van der Waals surface area contributed by atoms with E-state index in [1.807, 2.05) is 6.07 Å². The molecule has 0 N–H and O–H groups in total. The number of fused-ring (bicyclic) bond motifs is 1. The molecule has 1 atom stereocenters. The third kappa shape index (κ3) is 1.93. The first-order valence-corrected chi connectivity index (χ1v) is 6.40. The third-order valence-electron chi connectivity index (χ3n) is 3.57. The van der Waals surface area contributed by atoms with Crippen LogP contribution in [0.4, 0.5) is 11.5 Å². The van der Waals surface area contributed by atoms with Crippen molar-refractivity contribution in [2.75, 3.05) is 4.90 Å². The molecule has 4 nitrogen and oxygen atoms in total. The molecule has 4 heteroatoms. The summed E-state index contributed by atoms with van der Waals surface area (Å²) in [5, 5.41) is 17.3. The van der Waals surface area contributed by atoms with Crippen LogP contribution >= 0.6 is 0 Å². The first-order chi connectivity index (χ1) is 9.31. The second kappa shape index (κ2) is 4.69. The number of nitriles is 1. The van der Waals surface area contributed by atoms with Gasteiger partial charge in [-0.15, -0.1) is 5.10 Å². The second-order valence-corrected chi connectivity index (χ2v) is 4.77. The zero-order valence-electron chi connectivity index (χ0n) is 10.7. The van der Waals surface area contributed by atoms with Gasteiger partial charge in [0.2, 0.25) is 0 Å². The predicted octanol–water partition coefficient (Wildman–Crippen LogP) is 2.82. The van der Waals surface area contributed by atoms with Gasteiger partial charge in [0.05, 0.1) is 11.8 Å². The van der Waals surface area contributed by atoms with Crippen LogP contribution in [0.1, 0.15) is 24.5 Å². The molecule has 3 rings (SSSR count). The van der Waals surface area contributed by atoms with E-state index in [2.05, 4.69) is 46.3 Å². The van der Waals surface area contributed by atoms with Gasteiger partial charge in [-0.05, 0) is 37.5 Å². The van der Waals surface area contributed by atoms with Crippen LogP contribution in [0, 0.1) is 11.3 Å². The van der Waals surface area contributed by atoms with Crippen LogP contribution in [0.2, 0.25) is 0 Å². The van der Waals surface area contributed by atoms with E-state index < -0.39 is 0 Å². The summed E-state index contributed by atoms with van der Waals surface area (Å²) in [6.45, 7) is 2.16. The van der Waals surface area contributed by atoms with Crippen molar-refractivity contribution in [2.24, 2.45) is 0 Å². The van der Waals surface area contributed by atoms with Crippen LogP contribution < -0.4 is 4.90 Å². The lowest BCUT2D eigenvalue weighted by Crippen LogP contribution is -2.34. The zero-order valence-corrected chi connectivity index (χ0v) is 10.7. The Labute approximate surface area is 112 Å². The van der Waals surface area contributed by atoms with Gasteiger partial charge in [0.1, 0.15) is 6.07 Å². The fourth-order valence-corrected chi connectivity index (χ4v) is 2.60. The highest BCUT2D eigenvalue weighted by Gasteiger charge is 2.26. The van der Waals surface area contributed by atoms with E-state index in [9.17, 15) is 5.26 Å². The maximum absolute atomic E-state index is 9.24. The minimum atomic E-state index is 0.318. The summed E-state index contributed by atoms with van der Waals surface area (Å²) < 4.78 is 0. The van der Waals surface area contributed by atoms with E-state index in [-0.39, 0.29) is 0 Å². The summed E-state index contributed by atoms with van der Waals surface area (Å²) in [7, 11) is 0. The molecular formula is C15H14N4. The average Bonchev–Trinajstić information content (AvgIpc) is 2.47. The summed E-state index contributed by atoms with van der Waals surface area (Å²) in [5.41, 5.74) is 3.01. The summed E-state index contributed by atoms with van der Waals surface area (Å²) >= 11 is 0. The summed E-state index contributed by atoms with van der Waals surface area (Å²) in [5.74, 6) is 0.657. The number of para-hydroxylation sites is 1. The molecule has 19 heavy (non-hydrogen) atoms. The highest BCUT2D eigenvalue weighted by molar-refractivity contribution is 5.69. The van der Waals surface area contributed by atoms with Gasteiger partial charge in [-0.1, -0.05) is 18.2 Å². The van der Waals surface area contributed by atoms with Gasteiger partial charge < -0.3 is 4.90 Å². The van der Waals surface area contributed by atoms with Crippen LogP contribution in [-0.4, -0.2) is 16.2 Å².